The van der Waals surface area contributed by atoms with E-state index in [1.54, 1.807) is 31.0 Å². The normalized spacial score (nSPS) is 29.3. The van der Waals surface area contributed by atoms with Crippen molar-refractivity contribution in [3.63, 3.8) is 0 Å². The van der Waals surface area contributed by atoms with Gasteiger partial charge in [-0.1, -0.05) is 12.1 Å². The van der Waals surface area contributed by atoms with Gasteiger partial charge in [-0.15, -0.1) is 0 Å². The van der Waals surface area contributed by atoms with E-state index in [0.29, 0.717) is 5.56 Å². The summed E-state index contributed by atoms with van der Waals surface area (Å²) in [6.07, 6.45) is 0.146. The van der Waals surface area contributed by atoms with Gasteiger partial charge in [0.05, 0.1) is 13.0 Å². The van der Waals surface area contributed by atoms with E-state index in [9.17, 15) is 19.1 Å². The summed E-state index contributed by atoms with van der Waals surface area (Å²) in [6.45, 7) is 1.66. The quantitative estimate of drug-likeness (QED) is 0.862. The van der Waals surface area contributed by atoms with Crippen molar-refractivity contribution < 1.29 is 23.8 Å². The van der Waals surface area contributed by atoms with E-state index in [1.807, 2.05) is 0 Å². The van der Waals surface area contributed by atoms with Gasteiger partial charge in [-0.05, 0) is 38.1 Å². The molecule has 0 radical (unpaired) electrons. The fourth-order valence-electron chi connectivity index (χ4n) is 3.05. The second-order valence-electron chi connectivity index (χ2n) is 5.52. The molecule has 3 unspecified atom stereocenters. The van der Waals surface area contributed by atoms with Crippen molar-refractivity contribution in [3.05, 3.63) is 35.6 Å². The number of halogens is 1. The maximum atomic E-state index is 13.1. The van der Waals surface area contributed by atoms with E-state index < -0.39 is 29.4 Å². The highest BCUT2D eigenvalue weighted by Crippen LogP contribution is 2.46. The van der Waals surface area contributed by atoms with E-state index in [4.69, 9.17) is 4.74 Å². The first-order valence-corrected chi connectivity index (χ1v) is 6.61. The van der Waals surface area contributed by atoms with Gasteiger partial charge in [-0.25, -0.2) is 4.39 Å². The van der Waals surface area contributed by atoms with Crippen molar-refractivity contribution >= 4 is 11.9 Å². The number of nitrogens with zero attached hydrogens (tertiary/aromatic N) is 1. The number of hydrogen-bond acceptors (Lipinski definition) is 4. The van der Waals surface area contributed by atoms with Gasteiger partial charge < -0.3 is 9.84 Å². The predicted molar refractivity (Wildman–Crippen MR) is 73.1 cm³/mol. The molecule has 21 heavy (non-hydrogen) atoms. The maximum Gasteiger partial charge on any atom is 0.326 e. The van der Waals surface area contributed by atoms with Gasteiger partial charge in [-0.2, -0.15) is 0 Å². The number of hydrogen-bond donors (Lipinski definition) is 1. The number of rotatable bonds is 3. The maximum absolute atomic E-state index is 13.1. The molecular weight excluding hydrogens is 277 g/mol. The van der Waals surface area contributed by atoms with Crippen LogP contribution in [0.25, 0.3) is 0 Å². The zero-order chi connectivity index (χ0) is 15.8. The molecule has 1 heterocycles. The Bertz CT molecular complexity index is 559. The summed E-state index contributed by atoms with van der Waals surface area (Å²) in [5.74, 6) is -2.60. The summed E-state index contributed by atoms with van der Waals surface area (Å²) >= 11 is 0. The Morgan fingerprint density at radius 3 is 2.43 bits per heavy atom. The van der Waals surface area contributed by atoms with Crippen molar-refractivity contribution in [3.8, 4) is 0 Å². The number of carbonyl (C=O) groups is 2. The SMILES string of the molecule is COC(=O)C1(C)CC(C(=O)O)C(c2ccc(F)cc2)N1C. The van der Waals surface area contributed by atoms with Gasteiger partial charge in [0.15, 0.2) is 0 Å². The molecule has 2 rings (SSSR count). The highest BCUT2D eigenvalue weighted by atomic mass is 19.1. The molecule has 5 nitrogen and oxygen atoms in total. The van der Waals surface area contributed by atoms with Gasteiger partial charge in [0, 0.05) is 6.04 Å². The number of likely N-dealkylation sites (N-methyl/N-ethyl adjacent to an activating group) is 1. The van der Waals surface area contributed by atoms with Crippen LogP contribution in [0.3, 0.4) is 0 Å². The Kier molecular flexibility index (Phi) is 4.00. The van der Waals surface area contributed by atoms with Crippen molar-refractivity contribution in [2.24, 2.45) is 5.92 Å². The molecule has 1 aliphatic heterocycles. The van der Waals surface area contributed by atoms with Crippen LogP contribution in [0.4, 0.5) is 4.39 Å². The van der Waals surface area contributed by atoms with Gasteiger partial charge >= 0.3 is 11.9 Å². The van der Waals surface area contributed by atoms with Gasteiger partial charge in [-0.3, -0.25) is 14.5 Å². The first kappa shape index (κ1) is 15.4. The van der Waals surface area contributed by atoms with Crippen molar-refractivity contribution in [2.75, 3.05) is 14.2 Å². The van der Waals surface area contributed by atoms with E-state index in [1.165, 1.54) is 19.2 Å². The average molecular weight is 295 g/mol. The molecular formula is C15H18FNO4. The predicted octanol–water partition coefficient (Wildman–Crippen LogP) is 1.83. The Morgan fingerprint density at radius 2 is 1.95 bits per heavy atom. The van der Waals surface area contributed by atoms with Crippen LogP contribution in [0, 0.1) is 11.7 Å². The molecule has 0 amide bonds. The van der Waals surface area contributed by atoms with Gasteiger partial charge in [0.25, 0.3) is 0 Å². The molecule has 1 aromatic carbocycles. The van der Waals surface area contributed by atoms with Crippen molar-refractivity contribution in [1.29, 1.82) is 0 Å². The fraction of sp³-hybridized carbons (Fsp3) is 0.467. The molecule has 3 atom stereocenters. The third-order valence-corrected chi connectivity index (χ3v) is 4.35. The van der Waals surface area contributed by atoms with E-state index in [-0.39, 0.29) is 12.2 Å². The Labute approximate surface area is 122 Å². The molecule has 1 saturated heterocycles. The number of benzene rings is 1. The number of carboxylic acids is 1. The molecule has 1 aliphatic rings. The minimum Gasteiger partial charge on any atom is -0.481 e. The van der Waals surface area contributed by atoms with Crippen LogP contribution in [0.1, 0.15) is 24.9 Å². The standard InChI is InChI=1S/C15H18FNO4/c1-15(14(20)21-3)8-11(13(18)19)12(17(15)2)9-4-6-10(16)7-5-9/h4-7,11-12H,8H2,1-3H3,(H,18,19). The summed E-state index contributed by atoms with van der Waals surface area (Å²) < 4.78 is 17.9. The first-order chi connectivity index (χ1) is 9.81. The van der Waals surface area contributed by atoms with Crippen LogP contribution in [-0.4, -0.2) is 41.6 Å². The first-order valence-electron chi connectivity index (χ1n) is 6.61. The largest absolute Gasteiger partial charge is 0.481 e. The van der Waals surface area contributed by atoms with E-state index in [0.717, 1.165) is 0 Å². The summed E-state index contributed by atoms with van der Waals surface area (Å²) in [5, 5.41) is 9.45. The second-order valence-corrected chi connectivity index (χ2v) is 5.52. The topological polar surface area (TPSA) is 66.8 Å². The third-order valence-electron chi connectivity index (χ3n) is 4.35. The minimum atomic E-state index is -1.02. The number of aliphatic carboxylic acids is 1. The Balaban J connectivity index is 2.44. The fourth-order valence-corrected chi connectivity index (χ4v) is 3.05. The van der Waals surface area contributed by atoms with Crippen LogP contribution in [0.5, 0.6) is 0 Å². The average Bonchev–Trinajstić information content (AvgIpc) is 2.73. The molecule has 114 valence electrons. The highest BCUT2D eigenvalue weighted by molar-refractivity contribution is 5.83. The smallest absolute Gasteiger partial charge is 0.326 e. The third kappa shape index (κ3) is 2.51. The van der Waals surface area contributed by atoms with Crippen LogP contribution in [0.2, 0.25) is 0 Å². The van der Waals surface area contributed by atoms with Crippen LogP contribution < -0.4 is 0 Å². The number of esters is 1. The zero-order valence-corrected chi connectivity index (χ0v) is 12.2. The van der Waals surface area contributed by atoms with Gasteiger partial charge in [0.2, 0.25) is 0 Å². The lowest BCUT2D eigenvalue weighted by atomic mass is 9.90. The van der Waals surface area contributed by atoms with Crippen LogP contribution in [0.15, 0.2) is 24.3 Å². The molecule has 0 spiro atoms. The number of carbonyl (C=O) groups excluding carboxylic acids is 1. The number of ether oxygens (including phenoxy) is 1. The van der Waals surface area contributed by atoms with Crippen LogP contribution in [-0.2, 0) is 14.3 Å². The van der Waals surface area contributed by atoms with E-state index in [2.05, 4.69) is 0 Å². The van der Waals surface area contributed by atoms with Crippen molar-refractivity contribution in [1.82, 2.24) is 4.90 Å². The summed E-state index contributed by atoms with van der Waals surface area (Å²) in [5.41, 5.74) is -0.351. The lowest BCUT2D eigenvalue weighted by Crippen LogP contribution is -2.47. The second kappa shape index (κ2) is 5.44. The molecule has 0 aromatic heterocycles. The molecule has 1 N–H and O–H groups in total. The van der Waals surface area contributed by atoms with Gasteiger partial charge in [0.1, 0.15) is 11.4 Å². The highest BCUT2D eigenvalue weighted by Gasteiger charge is 2.55. The lowest BCUT2D eigenvalue weighted by Gasteiger charge is -2.32. The number of methoxy groups -OCH3 is 1. The van der Waals surface area contributed by atoms with E-state index >= 15 is 0 Å². The molecule has 0 aliphatic carbocycles. The summed E-state index contributed by atoms with van der Waals surface area (Å²) in [6, 6.07) is 5.17. The molecule has 0 saturated carbocycles. The number of likely N-dealkylation sites (tertiary alicyclic amines) is 1. The Morgan fingerprint density at radius 1 is 1.38 bits per heavy atom. The minimum absolute atomic E-state index is 0.146. The summed E-state index contributed by atoms with van der Waals surface area (Å²) in [4.78, 5) is 25.3. The molecule has 1 fully saturated rings. The molecule has 6 heteroatoms. The molecule has 0 bridgehead atoms. The zero-order valence-electron chi connectivity index (χ0n) is 12.2. The van der Waals surface area contributed by atoms with Crippen LogP contribution >= 0.6 is 0 Å². The van der Waals surface area contributed by atoms with Crippen molar-refractivity contribution in [2.45, 2.75) is 24.9 Å². The summed E-state index contributed by atoms with van der Waals surface area (Å²) in [7, 11) is 2.97. The number of carboxylic acid groups (broad SMARTS) is 1. The Hall–Kier alpha value is -1.95. The lowest BCUT2D eigenvalue weighted by molar-refractivity contribution is -0.152. The monoisotopic (exact) mass is 295 g/mol. The molecule has 1 aromatic rings.